The molecule has 0 saturated carbocycles. The fourth-order valence-electron chi connectivity index (χ4n) is 2.12. The van der Waals surface area contributed by atoms with Crippen LogP contribution >= 0.6 is 0 Å². The molecule has 0 unspecified atom stereocenters. The van der Waals surface area contributed by atoms with Crippen LogP contribution in [0.3, 0.4) is 0 Å². The van der Waals surface area contributed by atoms with Gasteiger partial charge >= 0.3 is 5.97 Å². The van der Waals surface area contributed by atoms with Gasteiger partial charge in [-0.15, -0.1) is 0 Å². The summed E-state index contributed by atoms with van der Waals surface area (Å²) in [5, 5.41) is 5.36. The van der Waals surface area contributed by atoms with Gasteiger partial charge < -0.3 is 15.4 Å². The number of nitrogens with one attached hydrogen (secondary N) is 2. The molecule has 6 nitrogen and oxygen atoms in total. The smallest absolute Gasteiger partial charge is 0.328 e. The van der Waals surface area contributed by atoms with E-state index in [-0.39, 0.29) is 23.7 Å². The molecule has 0 rings (SSSR count). The number of esters is 1. The average molecular weight is 328 g/mol. The van der Waals surface area contributed by atoms with Crippen LogP contribution in [-0.4, -0.2) is 36.5 Å². The van der Waals surface area contributed by atoms with Crippen LogP contribution in [0.15, 0.2) is 0 Å². The Balaban J connectivity index is 4.87. The van der Waals surface area contributed by atoms with Crippen LogP contribution in [0.1, 0.15) is 60.8 Å². The van der Waals surface area contributed by atoms with Gasteiger partial charge in [-0.05, 0) is 24.7 Å². The van der Waals surface area contributed by atoms with Crippen LogP contribution in [0.2, 0.25) is 0 Å². The molecule has 0 aliphatic heterocycles. The van der Waals surface area contributed by atoms with Gasteiger partial charge in [-0.2, -0.15) is 0 Å². The van der Waals surface area contributed by atoms with Crippen molar-refractivity contribution in [3.05, 3.63) is 0 Å². The average Bonchev–Trinajstić information content (AvgIpc) is 2.43. The van der Waals surface area contributed by atoms with E-state index in [2.05, 4.69) is 10.6 Å². The third kappa shape index (κ3) is 9.21. The molecule has 0 bridgehead atoms. The Morgan fingerprint density at radius 2 is 1.65 bits per heavy atom. The Morgan fingerprint density at radius 3 is 2.09 bits per heavy atom. The van der Waals surface area contributed by atoms with Crippen LogP contribution < -0.4 is 10.6 Å². The molecule has 0 heterocycles. The van der Waals surface area contributed by atoms with Crippen molar-refractivity contribution in [3.63, 3.8) is 0 Å². The highest BCUT2D eigenvalue weighted by atomic mass is 16.5. The second-order valence-corrected chi connectivity index (χ2v) is 6.63. The molecular formula is C17H32N2O4. The maximum Gasteiger partial charge on any atom is 0.328 e. The minimum absolute atomic E-state index is 0.0743. The van der Waals surface area contributed by atoms with Gasteiger partial charge in [0.2, 0.25) is 11.8 Å². The molecule has 0 aromatic carbocycles. The number of ether oxygens (including phenoxy) is 1. The van der Waals surface area contributed by atoms with Crippen molar-refractivity contribution in [1.29, 1.82) is 0 Å². The molecule has 0 aliphatic rings. The summed E-state index contributed by atoms with van der Waals surface area (Å²) in [5.74, 6) is -0.879. The highest BCUT2D eigenvalue weighted by Crippen LogP contribution is 2.09. The van der Waals surface area contributed by atoms with Gasteiger partial charge in [0.25, 0.3) is 0 Å². The molecule has 0 spiro atoms. The van der Waals surface area contributed by atoms with E-state index in [1.54, 1.807) is 0 Å². The Morgan fingerprint density at radius 1 is 1.04 bits per heavy atom. The first-order chi connectivity index (χ1) is 10.7. The summed E-state index contributed by atoms with van der Waals surface area (Å²) in [7, 11) is 0. The molecule has 0 fully saturated rings. The number of carbonyl (C=O) groups is 3. The van der Waals surface area contributed by atoms with Gasteiger partial charge in [-0.1, -0.05) is 41.0 Å². The summed E-state index contributed by atoms with van der Waals surface area (Å²) >= 11 is 0. The third-order valence-electron chi connectivity index (χ3n) is 3.36. The Kier molecular flexibility index (Phi) is 10.3. The largest absolute Gasteiger partial charge is 0.464 e. The summed E-state index contributed by atoms with van der Waals surface area (Å²) in [6.45, 7) is 11.4. The lowest BCUT2D eigenvalue weighted by molar-refractivity contribution is -0.148. The monoisotopic (exact) mass is 328 g/mol. The second-order valence-electron chi connectivity index (χ2n) is 6.63. The minimum Gasteiger partial charge on any atom is -0.464 e. The van der Waals surface area contributed by atoms with E-state index in [1.165, 1.54) is 6.92 Å². The summed E-state index contributed by atoms with van der Waals surface area (Å²) < 4.78 is 5.23. The Bertz CT molecular complexity index is 394. The third-order valence-corrected chi connectivity index (χ3v) is 3.36. The molecule has 6 heteroatoms. The van der Waals surface area contributed by atoms with Gasteiger partial charge in [-0.3, -0.25) is 9.59 Å². The van der Waals surface area contributed by atoms with E-state index in [0.29, 0.717) is 13.0 Å². The molecule has 2 amide bonds. The van der Waals surface area contributed by atoms with E-state index >= 15 is 0 Å². The molecule has 0 aromatic heterocycles. The number of rotatable bonds is 10. The Labute approximate surface area is 139 Å². The lowest BCUT2D eigenvalue weighted by Gasteiger charge is -2.25. The first kappa shape index (κ1) is 21.4. The highest BCUT2D eigenvalue weighted by molar-refractivity contribution is 5.90. The summed E-state index contributed by atoms with van der Waals surface area (Å²) in [6, 6.07) is -1.35. The van der Waals surface area contributed by atoms with E-state index < -0.39 is 18.1 Å². The fourth-order valence-corrected chi connectivity index (χ4v) is 2.12. The topological polar surface area (TPSA) is 84.5 Å². The zero-order valence-corrected chi connectivity index (χ0v) is 15.3. The molecular weight excluding hydrogens is 296 g/mol. The number of hydrogen-bond donors (Lipinski definition) is 2. The van der Waals surface area contributed by atoms with Crippen molar-refractivity contribution < 1.29 is 19.1 Å². The first-order valence-electron chi connectivity index (χ1n) is 8.43. The standard InChI is InChI=1S/C17H32N2O4/c1-7-8-9-23-17(22)14(10-11(2)3)19-16(21)15(12(4)5)18-13(6)20/h11-12,14-15H,7-10H2,1-6H3,(H,18,20)(H,19,21)/t14-,15-/m0/s1. The van der Waals surface area contributed by atoms with Gasteiger partial charge in [0, 0.05) is 6.92 Å². The molecule has 23 heavy (non-hydrogen) atoms. The van der Waals surface area contributed by atoms with Crippen molar-refractivity contribution in [3.8, 4) is 0 Å². The lowest BCUT2D eigenvalue weighted by Crippen LogP contribution is -2.53. The number of amides is 2. The second kappa shape index (κ2) is 11.0. The number of hydrogen-bond acceptors (Lipinski definition) is 4. The molecule has 0 aliphatic carbocycles. The van der Waals surface area contributed by atoms with Crippen molar-refractivity contribution in [2.75, 3.05) is 6.61 Å². The van der Waals surface area contributed by atoms with E-state index in [4.69, 9.17) is 4.74 Å². The van der Waals surface area contributed by atoms with Gasteiger partial charge in [0.15, 0.2) is 0 Å². The Hall–Kier alpha value is -1.59. The van der Waals surface area contributed by atoms with E-state index in [0.717, 1.165) is 12.8 Å². The van der Waals surface area contributed by atoms with Crippen LogP contribution in [0.25, 0.3) is 0 Å². The first-order valence-corrected chi connectivity index (χ1v) is 8.43. The van der Waals surface area contributed by atoms with Crippen LogP contribution in [-0.2, 0) is 19.1 Å². The van der Waals surface area contributed by atoms with Crippen LogP contribution in [0, 0.1) is 11.8 Å². The number of carbonyl (C=O) groups excluding carboxylic acids is 3. The molecule has 0 aromatic rings. The van der Waals surface area contributed by atoms with Gasteiger partial charge in [0.1, 0.15) is 12.1 Å². The summed E-state index contributed by atoms with van der Waals surface area (Å²) in [4.78, 5) is 35.8. The zero-order valence-electron chi connectivity index (χ0n) is 15.3. The molecule has 0 saturated heterocycles. The maximum atomic E-state index is 12.4. The van der Waals surface area contributed by atoms with Gasteiger partial charge in [0.05, 0.1) is 6.61 Å². The predicted molar refractivity (Wildman–Crippen MR) is 89.7 cm³/mol. The van der Waals surface area contributed by atoms with Gasteiger partial charge in [-0.25, -0.2) is 4.79 Å². The minimum atomic E-state index is -0.686. The van der Waals surface area contributed by atoms with E-state index in [9.17, 15) is 14.4 Å². The van der Waals surface area contributed by atoms with Crippen molar-refractivity contribution in [2.45, 2.75) is 72.9 Å². The number of unbranched alkanes of at least 4 members (excludes halogenated alkanes) is 1. The van der Waals surface area contributed by atoms with E-state index in [1.807, 2.05) is 34.6 Å². The maximum absolute atomic E-state index is 12.4. The fraction of sp³-hybridized carbons (Fsp3) is 0.824. The lowest BCUT2D eigenvalue weighted by atomic mass is 10.0. The SMILES string of the molecule is CCCCOC(=O)[C@H](CC(C)C)NC(=O)[C@@H](NC(C)=O)C(C)C. The molecule has 134 valence electrons. The zero-order chi connectivity index (χ0) is 18.0. The summed E-state index contributed by atoms with van der Waals surface area (Å²) in [6.07, 6.45) is 2.24. The van der Waals surface area contributed by atoms with Crippen LogP contribution in [0.4, 0.5) is 0 Å². The normalized spacial score (nSPS) is 13.6. The molecule has 2 atom stereocenters. The quantitative estimate of drug-likeness (QED) is 0.475. The van der Waals surface area contributed by atoms with Crippen molar-refractivity contribution in [1.82, 2.24) is 10.6 Å². The molecule has 0 radical (unpaired) electrons. The van der Waals surface area contributed by atoms with Crippen molar-refractivity contribution >= 4 is 17.8 Å². The van der Waals surface area contributed by atoms with Crippen molar-refractivity contribution in [2.24, 2.45) is 11.8 Å². The summed E-state index contributed by atoms with van der Waals surface area (Å²) in [5.41, 5.74) is 0. The highest BCUT2D eigenvalue weighted by Gasteiger charge is 2.29. The predicted octanol–water partition coefficient (Wildman–Crippen LogP) is 2.02. The van der Waals surface area contributed by atoms with Crippen LogP contribution in [0.5, 0.6) is 0 Å². The molecule has 2 N–H and O–H groups in total.